The van der Waals surface area contributed by atoms with Gasteiger partial charge in [0.1, 0.15) is 4.99 Å². The van der Waals surface area contributed by atoms with Gasteiger partial charge in [0.15, 0.2) is 0 Å². The normalized spacial score (nSPS) is 16.0. The summed E-state index contributed by atoms with van der Waals surface area (Å²) in [5, 5.41) is 1.26. The van der Waals surface area contributed by atoms with Gasteiger partial charge in [0.05, 0.1) is 0 Å². The fourth-order valence-electron chi connectivity index (χ4n) is 3.00. The molecule has 1 saturated heterocycles. The first-order valence-electron chi connectivity index (χ1n) is 7.35. The van der Waals surface area contributed by atoms with E-state index in [-0.39, 0.29) is 0 Å². The molecule has 0 aliphatic carbocycles. The van der Waals surface area contributed by atoms with Crippen molar-refractivity contribution in [3.05, 3.63) is 36.0 Å². The van der Waals surface area contributed by atoms with Gasteiger partial charge in [0.2, 0.25) is 0 Å². The lowest BCUT2D eigenvalue weighted by atomic mass is 10.1. The molecule has 1 fully saturated rings. The molecule has 0 saturated carbocycles. The van der Waals surface area contributed by atoms with Crippen molar-refractivity contribution in [1.29, 1.82) is 0 Å². The van der Waals surface area contributed by atoms with Crippen LogP contribution < -0.4 is 5.73 Å². The second-order valence-electron chi connectivity index (χ2n) is 5.55. The third-order valence-electron chi connectivity index (χ3n) is 4.13. The number of nitrogens with two attached hydrogens (primary N) is 1. The molecule has 1 aromatic heterocycles. The number of thiocarbonyl (C=S) groups is 1. The zero-order chi connectivity index (χ0) is 13.9. The van der Waals surface area contributed by atoms with Gasteiger partial charge in [-0.15, -0.1) is 0 Å². The molecule has 1 aliphatic rings. The van der Waals surface area contributed by atoms with E-state index in [0.717, 1.165) is 12.1 Å². The van der Waals surface area contributed by atoms with Crippen molar-refractivity contribution in [1.82, 2.24) is 9.47 Å². The minimum absolute atomic E-state index is 0.469. The molecule has 0 spiro atoms. The monoisotopic (exact) mass is 287 g/mol. The van der Waals surface area contributed by atoms with Crippen molar-refractivity contribution < 1.29 is 0 Å². The molecule has 20 heavy (non-hydrogen) atoms. The van der Waals surface area contributed by atoms with Crippen molar-refractivity contribution in [2.24, 2.45) is 5.73 Å². The van der Waals surface area contributed by atoms with E-state index in [1.165, 1.54) is 49.8 Å². The summed E-state index contributed by atoms with van der Waals surface area (Å²) < 4.78 is 2.31. The number of aromatic nitrogens is 1. The average Bonchev–Trinajstić information content (AvgIpc) is 3.08. The number of nitrogens with zero attached hydrogens (tertiary/aromatic N) is 2. The van der Waals surface area contributed by atoms with E-state index in [9.17, 15) is 0 Å². The lowest BCUT2D eigenvalue weighted by molar-refractivity contribution is 0.326. The average molecular weight is 287 g/mol. The Morgan fingerprint density at radius 1 is 1.15 bits per heavy atom. The number of likely N-dealkylation sites (tertiary alicyclic amines) is 1. The Labute approximate surface area is 125 Å². The van der Waals surface area contributed by atoms with Crippen LogP contribution in [0.4, 0.5) is 0 Å². The van der Waals surface area contributed by atoms with Gasteiger partial charge in [-0.2, -0.15) is 0 Å². The van der Waals surface area contributed by atoms with Crippen LogP contribution in [0.5, 0.6) is 0 Å². The van der Waals surface area contributed by atoms with Crippen LogP contribution in [0, 0.1) is 0 Å². The van der Waals surface area contributed by atoms with Crippen LogP contribution in [0.1, 0.15) is 24.8 Å². The Bertz CT molecular complexity index is 611. The molecule has 0 atom stereocenters. The highest BCUT2D eigenvalue weighted by Gasteiger charge is 2.10. The molecule has 3 rings (SSSR count). The van der Waals surface area contributed by atoms with Gasteiger partial charge < -0.3 is 15.2 Å². The number of hydrogen-bond donors (Lipinski definition) is 1. The van der Waals surface area contributed by atoms with Crippen molar-refractivity contribution in [3.8, 4) is 0 Å². The maximum absolute atomic E-state index is 5.72. The van der Waals surface area contributed by atoms with Crippen LogP contribution in [-0.4, -0.2) is 34.1 Å². The highest BCUT2D eigenvalue weighted by atomic mass is 32.1. The van der Waals surface area contributed by atoms with E-state index in [0.29, 0.717) is 4.99 Å². The van der Waals surface area contributed by atoms with Crippen LogP contribution >= 0.6 is 12.2 Å². The maximum atomic E-state index is 5.72. The quantitative estimate of drug-likeness (QED) is 0.859. The lowest BCUT2D eigenvalue weighted by Crippen LogP contribution is -2.21. The second kappa shape index (κ2) is 5.94. The van der Waals surface area contributed by atoms with Crippen molar-refractivity contribution in [2.45, 2.75) is 25.8 Å². The molecule has 3 nitrogen and oxygen atoms in total. The zero-order valence-corrected chi connectivity index (χ0v) is 12.5. The number of hydrogen-bond acceptors (Lipinski definition) is 2. The van der Waals surface area contributed by atoms with Gasteiger partial charge in [-0.1, -0.05) is 24.4 Å². The largest absolute Gasteiger partial charge is 0.389 e. The Balaban J connectivity index is 1.70. The number of aryl methyl sites for hydroxylation is 1. The summed E-state index contributed by atoms with van der Waals surface area (Å²) in [5.41, 5.74) is 7.91. The lowest BCUT2D eigenvalue weighted by Gasteiger charge is -2.14. The van der Waals surface area contributed by atoms with Crippen molar-refractivity contribution >= 4 is 28.1 Å². The fourth-order valence-corrected chi connectivity index (χ4v) is 3.13. The molecule has 106 valence electrons. The molecule has 1 aromatic carbocycles. The van der Waals surface area contributed by atoms with E-state index in [2.05, 4.69) is 33.9 Å². The summed E-state index contributed by atoms with van der Waals surface area (Å²) in [7, 11) is 0. The first-order chi connectivity index (χ1) is 9.74. The zero-order valence-electron chi connectivity index (χ0n) is 11.7. The number of benzene rings is 1. The first kappa shape index (κ1) is 13.6. The second-order valence-corrected chi connectivity index (χ2v) is 5.99. The number of fused-ring (bicyclic) bond motifs is 1. The topological polar surface area (TPSA) is 34.2 Å². The summed E-state index contributed by atoms with van der Waals surface area (Å²) in [4.78, 5) is 3.03. The van der Waals surface area contributed by atoms with Gasteiger partial charge in [-0.3, -0.25) is 0 Å². The molecule has 0 unspecified atom stereocenters. The van der Waals surface area contributed by atoms with Gasteiger partial charge in [0, 0.05) is 23.8 Å². The smallest absolute Gasteiger partial charge is 0.104 e. The fraction of sp³-hybridized carbons (Fsp3) is 0.438. The summed E-state index contributed by atoms with van der Waals surface area (Å²) in [6, 6.07) is 8.36. The predicted octanol–water partition coefficient (Wildman–Crippen LogP) is 2.76. The van der Waals surface area contributed by atoms with E-state index in [4.69, 9.17) is 18.0 Å². The van der Waals surface area contributed by atoms with Crippen LogP contribution in [0.15, 0.2) is 30.5 Å². The third kappa shape index (κ3) is 2.86. The van der Waals surface area contributed by atoms with E-state index >= 15 is 0 Å². The van der Waals surface area contributed by atoms with Gasteiger partial charge >= 0.3 is 0 Å². The molecule has 0 amide bonds. The molecule has 0 bridgehead atoms. The van der Waals surface area contributed by atoms with Gasteiger partial charge in [-0.25, -0.2) is 0 Å². The minimum Gasteiger partial charge on any atom is -0.389 e. The minimum atomic E-state index is 0.469. The molecule has 2 N–H and O–H groups in total. The van der Waals surface area contributed by atoms with Crippen molar-refractivity contribution in [3.63, 3.8) is 0 Å². The maximum Gasteiger partial charge on any atom is 0.104 e. The highest BCUT2D eigenvalue weighted by molar-refractivity contribution is 7.80. The third-order valence-corrected chi connectivity index (χ3v) is 4.37. The van der Waals surface area contributed by atoms with E-state index in [1.54, 1.807) is 0 Å². The van der Waals surface area contributed by atoms with Crippen LogP contribution in [0.2, 0.25) is 0 Å². The summed E-state index contributed by atoms with van der Waals surface area (Å²) in [6.45, 7) is 4.81. The summed E-state index contributed by atoms with van der Waals surface area (Å²) in [5.74, 6) is 0. The molecule has 4 heteroatoms. The van der Waals surface area contributed by atoms with E-state index < -0.39 is 0 Å². The van der Waals surface area contributed by atoms with E-state index in [1.807, 2.05) is 6.07 Å². The molecule has 2 aromatic rings. The predicted molar refractivity (Wildman–Crippen MR) is 88.1 cm³/mol. The van der Waals surface area contributed by atoms with Crippen LogP contribution in [0.25, 0.3) is 10.9 Å². The van der Waals surface area contributed by atoms with Crippen molar-refractivity contribution in [2.75, 3.05) is 19.6 Å². The molecular weight excluding hydrogens is 266 g/mol. The molecule has 0 radical (unpaired) electrons. The van der Waals surface area contributed by atoms with Gasteiger partial charge in [0.25, 0.3) is 0 Å². The summed E-state index contributed by atoms with van der Waals surface area (Å²) >= 11 is 5.06. The molecule has 2 heterocycles. The highest BCUT2D eigenvalue weighted by Crippen LogP contribution is 2.18. The number of rotatable bonds is 5. The first-order valence-corrected chi connectivity index (χ1v) is 7.76. The Morgan fingerprint density at radius 3 is 2.70 bits per heavy atom. The van der Waals surface area contributed by atoms with Crippen LogP contribution in [-0.2, 0) is 6.54 Å². The molecule has 1 aliphatic heterocycles. The summed E-state index contributed by atoms with van der Waals surface area (Å²) in [6.07, 6.45) is 6.09. The SMILES string of the molecule is NC(=S)c1ccc2ccn(CCCN3CCCC3)c2c1. The Kier molecular flexibility index (Phi) is 4.03. The Morgan fingerprint density at radius 2 is 1.95 bits per heavy atom. The molecular formula is C16H21N3S. The van der Waals surface area contributed by atoms with Gasteiger partial charge in [-0.05, 0) is 56.4 Å². The standard InChI is InChI=1S/C16H21N3S/c17-16(20)14-5-4-13-6-11-19(15(13)12-14)10-3-9-18-7-1-2-8-18/h4-6,11-12H,1-3,7-10H2,(H2,17,20). The van der Waals surface area contributed by atoms with Crippen LogP contribution in [0.3, 0.4) is 0 Å². The Hall–Kier alpha value is -1.39.